The van der Waals surface area contributed by atoms with Crippen LogP contribution >= 0.6 is 0 Å². The zero-order valence-corrected chi connectivity index (χ0v) is 19.1. The maximum Gasteiger partial charge on any atom is 0.307 e. The molecule has 1 aromatic rings. The van der Waals surface area contributed by atoms with Crippen LogP contribution in [0.5, 0.6) is 0 Å². The van der Waals surface area contributed by atoms with Gasteiger partial charge >= 0.3 is 5.97 Å². The van der Waals surface area contributed by atoms with Gasteiger partial charge in [-0.05, 0) is 64.0 Å². The van der Waals surface area contributed by atoms with Crippen LogP contribution in [0.15, 0.2) is 53.6 Å². The molecule has 1 aromatic carbocycles. The molecule has 0 amide bonds. The Bertz CT molecular complexity index is 905. The highest BCUT2D eigenvalue weighted by molar-refractivity contribution is 5.98. The van der Waals surface area contributed by atoms with Gasteiger partial charge in [0.25, 0.3) is 0 Å². The maximum atomic E-state index is 12.9. The average Bonchev–Trinajstić information content (AvgIpc) is 3.02. The second-order valence-corrected chi connectivity index (χ2v) is 10.5. The topological polar surface area (TPSA) is 52.6 Å². The van der Waals surface area contributed by atoms with Crippen LogP contribution in [0.1, 0.15) is 65.4 Å². The highest BCUT2D eigenvalue weighted by Gasteiger charge is 2.50. The lowest BCUT2D eigenvalue weighted by molar-refractivity contribution is -0.157. The molecule has 166 valence electrons. The summed E-state index contributed by atoms with van der Waals surface area (Å²) in [5.74, 6) is -0.357. The summed E-state index contributed by atoms with van der Waals surface area (Å²) in [7, 11) is 0. The third-order valence-electron chi connectivity index (χ3n) is 7.06. The molecule has 3 aliphatic carbocycles. The largest absolute Gasteiger partial charge is 0.460 e. The summed E-state index contributed by atoms with van der Waals surface area (Å²) in [5.41, 5.74) is 3.20. The fourth-order valence-electron chi connectivity index (χ4n) is 5.47. The molecule has 4 atom stereocenters. The van der Waals surface area contributed by atoms with Crippen molar-refractivity contribution in [2.24, 2.45) is 17.3 Å². The second kappa shape index (κ2) is 8.38. The molecule has 0 N–H and O–H groups in total. The van der Waals surface area contributed by atoms with Crippen molar-refractivity contribution in [1.82, 2.24) is 0 Å². The molecule has 0 unspecified atom stereocenters. The molecule has 4 nitrogen and oxygen atoms in total. The van der Waals surface area contributed by atoms with Crippen molar-refractivity contribution in [3.05, 3.63) is 59.2 Å². The van der Waals surface area contributed by atoms with Gasteiger partial charge < -0.3 is 9.47 Å². The van der Waals surface area contributed by atoms with Crippen LogP contribution in [0.2, 0.25) is 0 Å². The van der Waals surface area contributed by atoms with E-state index in [0.29, 0.717) is 6.61 Å². The zero-order chi connectivity index (χ0) is 22.2. The van der Waals surface area contributed by atoms with Crippen molar-refractivity contribution in [3.63, 3.8) is 0 Å². The van der Waals surface area contributed by atoms with Crippen molar-refractivity contribution in [2.45, 2.75) is 78.1 Å². The predicted octanol–water partition coefficient (Wildman–Crippen LogP) is 5.57. The third kappa shape index (κ3) is 4.69. The van der Waals surface area contributed by atoms with Gasteiger partial charge in [-0.2, -0.15) is 0 Å². The molecule has 0 spiro atoms. The number of allylic oxidation sites excluding steroid dienone is 3. The summed E-state index contributed by atoms with van der Waals surface area (Å²) >= 11 is 0. The van der Waals surface area contributed by atoms with Gasteiger partial charge in [-0.25, -0.2) is 0 Å². The minimum Gasteiger partial charge on any atom is -0.460 e. The highest BCUT2D eigenvalue weighted by Crippen LogP contribution is 2.56. The number of ketones is 1. The van der Waals surface area contributed by atoms with Crippen LogP contribution in [0.4, 0.5) is 0 Å². The Balaban J connectivity index is 1.43. The number of hydrogen-bond donors (Lipinski definition) is 0. The van der Waals surface area contributed by atoms with E-state index in [1.807, 2.05) is 45.0 Å². The smallest absolute Gasteiger partial charge is 0.307 e. The van der Waals surface area contributed by atoms with E-state index < -0.39 is 5.60 Å². The third-order valence-corrected chi connectivity index (χ3v) is 7.06. The quantitative estimate of drug-likeness (QED) is 0.460. The van der Waals surface area contributed by atoms with Gasteiger partial charge in [0.1, 0.15) is 5.60 Å². The molecule has 1 fully saturated rings. The Morgan fingerprint density at radius 2 is 1.94 bits per heavy atom. The Morgan fingerprint density at radius 1 is 1.19 bits per heavy atom. The fraction of sp³-hybridized carbons (Fsp3) is 0.556. The zero-order valence-electron chi connectivity index (χ0n) is 19.1. The molecule has 3 aliphatic rings. The number of esters is 1. The van der Waals surface area contributed by atoms with E-state index in [1.165, 1.54) is 16.7 Å². The number of carbonyl (C=O) groups excluding carboxylic acids is 2. The first kappa shape index (κ1) is 22.0. The minimum atomic E-state index is -0.529. The SMILES string of the molecule is CC(C)(C)OC(=O)C[C@@H]1C(=O)C=C2[C@H]1CC=C1C[C@@H](OCc3ccccc3)CC[C@@]12C. The molecule has 0 bridgehead atoms. The van der Waals surface area contributed by atoms with Gasteiger partial charge in [0.15, 0.2) is 5.78 Å². The molecule has 4 rings (SSSR count). The van der Waals surface area contributed by atoms with E-state index in [9.17, 15) is 9.59 Å². The first-order chi connectivity index (χ1) is 14.7. The lowest BCUT2D eigenvalue weighted by Crippen LogP contribution is -2.38. The van der Waals surface area contributed by atoms with Gasteiger partial charge in [0.05, 0.1) is 19.1 Å². The predicted molar refractivity (Wildman–Crippen MR) is 120 cm³/mol. The minimum absolute atomic E-state index is 0.0872. The highest BCUT2D eigenvalue weighted by atomic mass is 16.6. The number of rotatable bonds is 5. The molecule has 0 saturated heterocycles. The van der Waals surface area contributed by atoms with Gasteiger partial charge in [-0.15, -0.1) is 0 Å². The molecular formula is C27H34O4. The molecule has 0 radical (unpaired) electrons. The van der Waals surface area contributed by atoms with Crippen molar-refractivity contribution >= 4 is 11.8 Å². The van der Waals surface area contributed by atoms with Crippen LogP contribution in [-0.2, 0) is 25.7 Å². The molecule has 0 heterocycles. The molecule has 1 saturated carbocycles. The van der Waals surface area contributed by atoms with Crippen LogP contribution in [0, 0.1) is 17.3 Å². The molecule has 4 heteroatoms. The Morgan fingerprint density at radius 3 is 2.65 bits per heavy atom. The number of hydrogen-bond acceptors (Lipinski definition) is 4. The van der Waals surface area contributed by atoms with Gasteiger partial charge in [-0.1, -0.05) is 54.5 Å². The van der Waals surface area contributed by atoms with E-state index >= 15 is 0 Å². The Labute approximate surface area is 185 Å². The Hall–Kier alpha value is -2.20. The van der Waals surface area contributed by atoms with E-state index in [-0.39, 0.29) is 41.5 Å². The number of fused-ring (bicyclic) bond motifs is 3. The van der Waals surface area contributed by atoms with Crippen molar-refractivity contribution < 1.29 is 19.1 Å². The number of ether oxygens (including phenoxy) is 2. The lowest BCUT2D eigenvalue weighted by Gasteiger charge is -2.46. The summed E-state index contributed by atoms with van der Waals surface area (Å²) in [6.07, 6.45) is 8.25. The number of benzene rings is 1. The first-order valence-corrected chi connectivity index (χ1v) is 11.5. The second-order valence-electron chi connectivity index (χ2n) is 10.5. The van der Waals surface area contributed by atoms with Gasteiger partial charge in [0.2, 0.25) is 0 Å². The first-order valence-electron chi connectivity index (χ1n) is 11.5. The van der Waals surface area contributed by atoms with Crippen molar-refractivity contribution in [2.75, 3.05) is 0 Å². The summed E-state index contributed by atoms with van der Waals surface area (Å²) in [5, 5.41) is 0. The summed E-state index contributed by atoms with van der Waals surface area (Å²) < 4.78 is 11.7. The van der Waals surface area contributed by atoms with Crippen molar-refractivity contribution in [3.8, 4) is 0 Å². The normalized spacial score (nSPS) is 30.2. The molecule has 31 heavy (non-hydrogen) atoms. The van der Waals surface area contributed by atoms with Crippen LogP contribution < -0.4 is 0 Å². The molecule has 0 aliphatic heterocycles. The van der Waals surface area contributed by atoms with Crippen molar-refractivity contribution in [1.29, 1.82) is 0 Å². The molecule has 0 aromatic heterocycles. The Kier molecular flexibility index (Phi) is 5.95. The maximum absolute atomic E-state index is 12.9. The van der Waals surface area contributed by atoms with E-state index in [0.717, 1.165) is 25.7 Å². The molecular weight excluding hydrogens is 388 g/mol. The van der Waals surface area contributed by atoms with E-state index in [1.54, 1.807) is 0 Å². The monoisotopic (exact) mass is 422 g/mol. The number of carbonyl (C=O) groups is 2. The average molecular weight is 423 g/mol. The van der Waals surface area contributed by atoms with Gasteiger partial charge in [-0.3, -0.25) is 9.59 Å². The standard InChI is InChI=1S/C27H34O4/c1-26(2,3)31-25(29)15-22-21-11-10-19-14-20(30-17-18-8-6-5-7-9-18)12-13-27(19,4)23(21)16-24(22)28/h5-10,16,20-22H,11-15,17H2,1-4H3/t20-,21-,22-,27-/m0/s1. The fourth-order valence-corrected chi connectivity index (χ4v) is 5.47. The van der Waals surface area contributed by atoms with Crippen LogP contribution in [0.3, 0.4) is 0 Å². The summed E-state index contributed by atoms with van der Waals surface area (Å²) in [6.45, 7) is 8.49. The lowest BCUT2D eigenvalue weighted by atomic mass is 9.59. The van der Waals surface area contributed by atoms with Gasteiger partial charge in [0, 0.05) is 11.3 Å². The van der Waals surface area contributed by atoms with Crippen LogP contribution in [0.25, 0.3) is 0 Å². The van der Waals surface area contributed by atoms with E-state index in [2.05, 4.69) is 25.1 Å². The van der Waals surface area contributed by atoms with Crippen LogP contribution in [-0.4, -0.2) is 23.5 Å². The summed E-state index contributed by atoms with van der Waals surface area (Å²) in [4.78, 5) is 25.2. The summed E-state index contributed by atoms with van der Waals surface area (Å²) in [6, 6.07) is 10.3. The van der Waals surface area contributed by atoms with E-state index in [4.69, 9.17) is 9.47 Å².